The number of nitrogens with one attached hydrogen (secondary N) is 1. The molecule has 0 aliphatic carbocycles. The summed E-state index contributed by atoms with van der Waals surface area (Å²) in [5.41, 5.74) is 2.76. The zero-order chi connectivity index (χ0) is 13.4. The van der Waals surface area contributed by atoms with E-state index < -0.39 is 0 Å². The molecule has 0 amide bonds. The Kier molecular flexibility index (Phi) is 7.60. The van der Waals surface area contributed by atoms with E-state index in [0.29, 0.717) is 6.04 Å². The molecule has 1 rings (SSSR count). The molecule has 1 atom stereocenters. The number of hydrogen-bond acceptors (Lipinski definition) is 1. The molecule has 0 bridgehead atoms. The van der Waals surface area contributed by atoms with Gasteiger partial charge in [-0.15, -0.1) is 0 Å². The second kappa shape index (κ2) is 8.71. The quantitative estimate of drug-likeness (QED) is 0.636. The summed E-state index contributed by atoms with van der Waals surface area (Å²) in [6, 6.07) is 7.14. The van der Waals surface area contributed by atoms with Crippen molar-refractivity contribution >= 4 is 15.9 Å². The van der Waals surface area contributed by atoms with Gasteiger partial charge in [0, 0.05) is 10.5 Å². The van der Waals surface area contributed by atoms with Gasteiger partial charge < -0.3 is 5.32 Å². The molecule has 2 heteroatoms. The smallest absolute Gasteiger partial charge is 0.0331 e. The molecule has 0 spiro atoms. The summed E-state index contributed by atoms with van der Waals surface area (Å²) >= 11 is 3.69. The largest absolute Gasteiger partial charge is 0.310 e. The first kappa shape index (κ1) is 15.7. The van der Waals surface area contributed by atoms with Crippen LogP contribution in [0.1, 0.15) is 63.1 Å². The normalized spacial score (nSPS) is 12.7. The summed E-state index contributed by atoms with van der Waals surface area (Å²) in [6.07, 6.45) is 6.34. The van der Waals surface area contributed by atoms with Gasteiger partial charge in [0.2, 0.25) is 0 Å². The summed E-state index contributed by atoms with van der Waals surface area (Å²) in [5, 5.41) is 3.68. The average Bonchev–Trinajstić information content (AvgIpc) is 2.37. The number of aryl methyl sites for hydroxylation is 1. The molecule has 0 heterocycles. The standard InChI is InChI=1S/C16H26BrN/c1-4-6-7-8-16(18-11-5-2)14-12-13(3)9-10-15(14)17/h9-10,12,16,18H,4-8,11H2,1-3H3. The van der Waals surface area contributed by atoms with Gasteiger partial charge in [-0.2, -0.15) is 0 Å². The lowest BCUT2D eigenvalue weighted by molar-refractivity contribution is 0.473. The molecule has 102 valence electrons. The van der Waals surface area contributed by atoms with Gasteiger partial charge in [-0.3, -0.25) is 0 Å². The lowest BCUT2D eigenvalue weighted by atomic mass is 9.99. The Hall–Kier alpha value is -0.340. The SMILES string of the molecule is CCCCCC(NCCC)c1cc(C)ccc1Br. The number of halogens is 1. The van der Waals surface area contributed by atoms with E-state index >= 15 is 0 Å². The third kappa shape index (κ3) is 5.11. The molecule has 1 aromatic carbocycles. The number of benzene rings is 1. The van der Waals surface area contributed by atoms with Crippen molar-refractivity contribution in [2.45, 2.75) is 58.9 Å². The Morgan fingerprint density at radius 3 is 2.61 bits per heavy atom. The van der Waals surface area contributed by atoms with Crippen molar-refractivity contribution in [2.24, 2.45) is 0 Å². The molecule has 0 saturated heterocycles. The van der Waals surface area contributed by atoms with Gasteiger partial charge in [-0.1, -0.05) is 66.7 Å². The minimum Gasteiger partial charge on any atom is -0.310 e. The van der Waals surface area contributed by atoms with Crippen LogP contribution >= 0.6 is 15.9 Å². The van der Waals surface area contributed by atoms with Crippen LogP contribution < -0.4 is 5.32 Å². The maximum absolute atomic E-state index is 3.69. The fourth-order valence-electron chi connectivity index (χ4n) is 2.21. The molecular formula is C16H26BrN. The highest BCUT2D eigenvalue weighted by atomic mass is 79.9. The third-order valence-corrected chi connectivity index (χ3v) is 3.99. The van der Waals surface area contributed by atoms with Crippen molar-refractivity contribution in [1.29, 1.82) is 0 Å². The van der Waals surface area contributed by atoms with Gasteiger partial charge in [0.25, 0.3) is 0 Å². The molecule has 0 fully saturated rings. The fourth-order valence-corrected chi connectivity index (χ4v) is 2.74. The Morgan fingerprint density at radius 1 is 1.17 bits per heavy atom. The lowest BCUT2D eigenvalue weighted by Gasteiger charge is -2.21. The van der Waals surface area contributed by atoms with E-state index in [9.17, 15) is 0 Å². The highest BCUT2D eigenvalue weighted by Crippen LogP contribution is 2.28. The van der Waals surface area contributed by atoms with E-state index in [2.05, 4.69) is 60.2 Å². The van der Waals surface area contributed by atoms with Crippen LogP contribution in [0.4, 0.5) is 0 Å². The van der Waals surface area contributed by atoms with Gasteiger partial charge in [0.15, 0.2) is 0 Å². The van der Waals surface area contributed by atoms with Crippen molar-refractivity contribution in [1.82, 2.24) is 5.32 Å². The molecule has 0 aliphatic rings. The van der Waals surface area contributed by atoms with E-state index in [4.69, 9.17) is 0 Å². The molecule has 1 N–H and O–H groups in total. The van der Waals surface area contributed by atoms with E-state index in [1.807, 2.05) is 0 Å². The van der Waals surface area contributed by atoms with Crippen LogP contribution in [0.5, 0.6) is 0 Å². The Bertz CT molecular complexity index is 349. The molecule has 0 saturated carbocycles. The van der Waals surface area contributed by atoms with Crippen molar-refractivity contribution in [3.05, 3.63) is 33.8 Å². The molecule has 1 unspecified atom stereocenters. The first-order chi connectivity index (χ1) is 8.69. The van der Waals surface area contributed by atoms with Crippen molar-refractivity contribution in [3.8, 4) is 0 Å². The van der Waals surface area contributed by atoms with Gasteiger partial charge in [0.05, 0.1) is 0 Å². The monoisotopic (exact) mass is 311 g/mol. The molecule has 0 aliphatic heterocycles. The number of rotatable bonds is 8. The maximum atomic E-state index is 3.69. The summed E-state index contributed by atoms with van der Waals surface area (Å²) in [6.45, 7) is 7.74. The second-order valence-electron chi connectivity index (χ2n) is 5.03. The van der Waals surface area contributed by atoms with Crippen LogP contribution in [0.2, 0.25) is 0 Å². The lowest BCUT2D eigenvalue weighted by Crippen LogP contribution is -2.22. The Morgan fingerprint density at radius 2 is 1.94 bits per heavy atom. The minimum absolute atomic E-state index is 0.491. The van der Waals surface area contributed by atoms with Crippen LogP contribution in [0, 0.1) is 6.92 Å². The van der Waals surface area contributed by atoms with E-state index in [1.54, 1.807) is 0 Å². The molecule has 1 nitrogen and oxygen atoms in total. The summed E-state index contributed by atoms with van der Waals surface area (Å²) < 4.78 is 1.23. The average molecular weight is 312 g/mol. The number of hydrogen-bond donors (Lipinski definition) is 1. The first-order valence-corrected chi connectivity index (χ1v) is 7.97. The van der Waals surface area contributed by atoms with Crippen molar-refractivity contribution in [3.63, 3.8) is 0 Å². The summed E-state index contributed by atoms with van der Waals surface area (Å²) in [5.74, 6) is 0. The fraction of sp³-hybridized carbons (Fsp3) is 0.625. The van der Waals surface area contributed by atoms with Crippen LogP contribution in [-0.2, 0) is 0 Å². The zero-order valence-electron chi connectivity index (χ0n) is 11.9. The minimum atomic E-state index is 0.491. The molecule has 0 radical (unpaired) electrons. The number of unbranched alkanes of at least 4 members (excludes halogenated alkanes) is 2. The van der Waals surface area contributed by atoms with Crippen LogP contribution in [-0.4, -0.2) is 6.54 Å². The van der Waals surface area contributed by atoms with E-state index in [1.165, 1.54) is 47.7 Å². The first-order valence-electron chi connectivity index (χ1n) is 7.18. The summed E-state index contributed by atoms with van der Waals surface area (Å²) in [4.78, 5) is 0. The highest BCUT2D eigenvalue weighted by Gasteiger charge is 2.13. The Labute approximate surface area is 120 Å². The topological polar surface area (TPSA) is 12.0 Å². The van der Waals surface area contributed by atoms with E-state index in [0.717, 1.165) is 6.54 Å². The third-order valence-electron chi connectivity index (χ3n) is 3.26. The van der Waals surface area contributed by atoms with Crippen LogP contribution in [0.25, 0.3) is 0 Å². The highest BCUT2D eigenvalue weighted by molar-refractivity contribution is 9.10. The molecule has 1 aromatic rings. The van der Waals surface area contributed by atoms with Crippen LogP contribution in [0.3, 0.4) is 0 Å². The van der Waals surface area contributed by atoms with Crippen molar-refractivity contribution < 1.29 is 0 Å². The van der Waals surface area contributed by atoms with Gasteiger partial charge >= 0.3 is 0 Å². The van der Waals surface area contributed by atoms with Crippen molar-refractivity contribution in [2.75, 3.05) is 6.54 Å². The zero-order valence-corrected chi connectivity index (χ0v) is 13.5. The van der Waals surface area contributed by atoms with Gasteiger partial charge in [-0.25, -0.2) is 0 Å². The summed E-state index contributed by atoms with van der Waals surface area (Å²) in [7, 11) is 0. The molecule has 0 aromatic heterocycles. The molecule has 18 heavy (non-hydrogen) atoms. The predicted molar refractivity (Wildman–Crippen MR) is 84.1 cm³/mol. The maximum Gasteiger partial charge on any atom is 0.0331 e. The predicted octanol–water partition coefficient (Wildman–Crippen LogP) is 5.38. The van der Waals surface area contributed by atoms with Gasteiger partial charge in [0.1, 0.15) is 0 Å². The second-order valence-corrected chi connectivity index (χ2v) is 5.88. The van der Waals surface area contributed by atoms with E-state index in [-0.39, 0.29) is 0 Å². The Balaban J connectivity index is 2.75. The molecular weight excluding hydrogens is 286 g/mol. The van der Waals surface area contributed by atoms with Gasteiger partial charge in [-0.05, 0) is 37.9 Å². The van der Waals surface area contributed by atoms with Crippen LogP contribution in [0.15, 0.2) is 22.7 Å².